The van der Waals surface area contributed by atoms with Crippen LogP contribution in [0.3, 0.4) is 0 Å². The maximum atomic E-state index is 13.4. The van der Waals surface area contributed by atoms with Crippen molar-refractivity contribution in [3.8, 4) is 22.8 Å². The molecule has 4 aromatic rings. The van der Waals surface area contributed by atoms with Gasteiger partial charge in [-0.2, -0.15) is 0 Å². The lowest BCUT2D eigenvalue weighted by Crippen LogP contribution is -2.18. The van der Waals surface area contributed by atoms with Crippen LogP contribution in [0.4, 0.5) is 0 Å². The number of fused-ring (bicyclic) bond motifs is 1. The average Bonchev–Trinajstić information content (AvgIpc) is 3.22. The molecule has 1 aliphatic rings. The summed E-state index contributed by atoms with van der Waals surface area (Å²) < 4.78 is 13.9. The number of Topliss-reactive ketones (excluding diaryl/α,β-unsaturated/α-hetero) is 1. The fraction of sp³-hybridized carbons (Fsp3) is 0.167. The Morgan fingerprint density at radius 1 is 0.892 bits per heavy atom. The van der Waals surface area contributed by atoms with E-state index in [9.17, 15) is 14.4 Å². The molecule has 7 heteroatoms. The third-order valence-corrected chi connectivity index (χ3v) is 7.11. The number of allylic oxidation sites excluding steroid dienone is 1. The van der Waals surface area contributed by atoms with Crippen LogP contribution < -0.4 is 14.9 Å². The molecule has 0 amide bonds. The van der Waals surface area contributed by atoms with E-state index in [2.05, 4.69) is 0 Å². The zero-order chi connectivity index (χ0) is 25.9. The van der Waals surface area contributed by atoms with Gasteiger partial charge in [-0.3, -0.25) is 14.4 Å². The van der Waals surface area contributed by atoms with Crippen LogP contribution >= 0.6 is 11.8 Å². The second kappa shape index (κ2) is 10.5. The lowest BCUT2D eigenvalue weighted by atomic mass is 10.1. The van der Waals surface area contributed by atoms with Crippen LogP contribution in [0.5, 0.6) is 11.5 Å². The average molecular weight is 512 g/mol. The molecule has 1 fully saturated rings. The Balaban J connectivity index is 1.32. The van der Waals surface area contributed by atoms with Crippen molar-refractivity contribution in [2.75, 3.05) is 13.2 Å². The molecule has 0 radical (unpaired) electrons. The summed E-state index contributed by atoms with van der Waals surface area (Å²) in [4.78, 5) is 37.1. The zero-order valence-corrected chi connectivity index (χ0v) is 21.3. The molecule has 186 valence electrons. The zero-order valence-electron chi connectivity index (χ0n) is 20.5. The topological polar surface area (TPSA) is 74.6 Å². The summed E-state index contributed by atoms with van der Waals surface area (Å²) in [5.74, 6) is 0.790. The fourth-order valence-electron chi connectivity index (χ4n) is 4.29. The molecular formula is C30H25NO5S. The molecular weight excluding hydrogens is 486 g/mol. The molecule has 0 aliphatic carbocycles. The number of thioether (sulfide) groups is 1. The van der Waals surface area contributed by atoms with Crippen LogP contribution in [0, 0.1) is 6.92 Å². The lowest BCUT2D eigenvalue weighted by Gasteiger charge is -2.18. The monoisotopic (exact) mass is 511 g/mol. The minimum absolute atomic E-state index is 0.0381. The van der Waals surface area contributed by atoms with E-state index in [1.807, 2.05) is 79.2 Å². The van der Waals surface area contributed by atoms with E-state index in [1.165, 1.54) is 0 Å². The van der Waals surface area contributed by atoms with E-state index >= 15 is 0 Å². The number of carbonyl (C=O) groups is 2. The van der Waals surface area contributed by atoms with Gasteiger partial charge in [0.05, 0.1) is 22.5 Å². The van der Waals surface area contributed by atoms with Gasteiger partial charge in [0.15, 0.2) is 11.5 Å². The molecule has 0 unspecified atom stereocenters. The smallest absolute Gasteiger partial charge is 0.231 e. The summed E-state index contributed by atoms with van der Waals surface area (Å²) in [6, 6.07) is 22.8. The Morgan fingerprint density at radius 2 is 1.59 bits per heavy atom. The molecule has 2 heterocycles. The highest BCUT2D eigenvalue weighted by Crippen LogP contribution is 2.32. The Kier molecular flexibility index (Phi) is 6.97. The highest BCUT2D eigenvalue weighted by Gasteiger charge is 2.25. The number of aromatic nitrogens is 1. The molecule has 1 saturated heterocycles. The van der Waals surface area contributed by atoms with E-state index in [0.29, 0.717) is 21.8 Å². The number of hydrogen-bond donors (Lipinski definition) is 0. The van der Waals surface area contributed by atoms with E-state index < -0.39 is 0 Å². The van der Waals surface area contributed by atoms with Gasteiger partial charge in [-0.25, -0.2) is 0 Å². The summed E-state index contributed by atoms with van der Waals surface area (Å²) in [5.41, 5.74) is 4.26. The number of para-hydroxylation sites is 1. The number of pyridine rings is 1. The maximum absolute atomic E-state index is 13.4. The van der Waals surface area contributed by atoms with Crippen LogP contribution in [0.1, 0.15) is 17.5 Å². The highest BCUT2D eigenvalue weighted by atomic mass is 32.2. The van der Waals surface area contributed by atoms with Crippen molar-refractivity contribution in [2.24, 2.45) is 7.05 Å². The van der Waals surface area contributed by atoms with Gasteiger partial charge in [-0.05, 0) is 54.6 Å². The first-order chi connectivity index (χ1) is 17.9. The predicted octanol–water partition coefficient (Wildman–Crippen LogP) is 5.55. The molecule has 37 heavy (non-hydrogen) atoms. The number of ketones is 1. The number of nitrogens with zero attached hydrogens (tertiary/aromatic N) is 1. The SMILES string of the molecule is Cc1ccc(-c2c(OCCOc3ccc(/C=C4\SC(=O)CC4=O)cc3)c(=O)c3ccccc3n2C)cc1. The van der Waals surface area contributed by atoms with Crippen molar-refractivity contribution in [1.82, 2.24) is 4.57 Å². The molecule has 0 saturated carbocycles. The number of hydrogen-bond acceptors (Lipinski definition) is 6. The Labute approximate surface area is 218 Å². The van der Waals surface area contributed by atoms with Gasteiger partial charge in [-0.1, -0.05) is 54.1 Å². The standard InChI is InChI=1S/C30H25NO5S/c1-19-7-11-21(12-8-19)28-30(29(34)23-5-3-4-6-24(23)31(28)2)36-16-15-35-22-13-9-20(10-14-22)17-26-25(32)18-27(33)37-26/h3-14,17H,15-16,18H2,1-2H3/b26-17-. The van der Waals surface area contributed by atoms with E-state index in [4.69, 9.17) is 9.47 Å². The van der Waals surface area contributed by atoms with Gasteiger partial charge in [0.25, 0.3) is 0 Å². The maximum Gasteiger partial charge on any atom is 0.231 e. The molecule has 6 nitrogen and oxygen atoms in total. The minimum atomic E-state index is -0.153. The molecule has 0 atom stereocenters. The molecule has 1 aliphatic heterocycles. The summed E-state index contributed by atoms with van der Waals surface area (Å²) in [6.45, 7) is 2.45. The molecule has 0 bridgehead atoms. The number of ether oxygens (including phenoxy) is 2. The Hall–Kier alpha value is -4.10. The van der Waals surface area contributed by atoms with Crippen molar-refractivity contribution in [3.63, 3.8) is 0 Å². The van der Waals surface area contributed by atoms with Crippen molar-refractivity contribution in [3.05, 3.63) is 99.1 Å². The van der Waals surface area contributed by atoms with Gasteiger partial charge in [-0.15, -0.1) is 0 Å². The van der Waals surface area contributed by atoms with E-state index in [1.54, 1.807) is 18.2 Å². The van der Waals surface area contributed by atoms with Crippen molar-refractivity contribution < 1.29 is 19.1 Å². The Morgan fingerprint density at radius 3 is 2.30 bits per heavy atom. The van der Waals surface area contributed by atoms with Gasteiger partial charge in [0, 0.05) is 18.0 Å². The molecule has 0 spiro atoms. The number of rotatable bonds is 7. The predicted molar refractivity (Wildman–Crippen MR) is 147 cm³/mol. The summed E-state index contributed by atoms with van der Waals surface area (Å²) in [5, 5.41) is 0.477. The van der Waals surface area contributed by atoms with Crippen molar-refractivity contribution in [1.29, 1.82) is 0 Å². The van der Waals surface area contributed by atoms with Crippen LogP contribution in [-0.2, 0) is 16.6 Å². The quantitative estimate of drug-likeness (QED) is 0.184. The van der Waals surface area contributed by atoms with Crippen LogP contribution in [-0.4, -0.2) is 28.7 Å². The second-order valence-corrected chi connectivity index (χ2v) is 9.90. The largest absolute Gasteiger partial charge is 0.490 e. The lowest BCUT2D eigenvalue weighted by molar-refractivity contribution is -0.119. The summed E-state index contributed by atoms with van der Waals surface area (Å²) >= 11 is 0.988. The third kappa shape index (κ3) is 5.22. The first-order valence-electron chi connectivity index (χ1n) is 11.9. The van der Waals surface area contributed by atoms with Gasteiger partial charge < -0.3 is 14.0 Å². The first kappa shape index (κ1) is 24.6. The minimum Gasteiger partial charge on any atom is -0.490 e. The van der Waals surface area contributed by atoms with Gasteiger partial charge >= 0.3 is 0 Å². The Bertz CT molecular complexity index is 1580. The summed E-state index contributed by atoms with van der Waals surface area (Å²) in [6.07, 6.45) is 1.68. The summed E-state index contributed by atoms with van der Waals surface area (Å²) in [7, 11) is 1.94. The molecule has 0 N–H and O–H groups in total. The third-order valence-electron chi connectivity index (χ3n) is 6.17. The van der Waals surface area contributed by atoms with Crippen LogP contribution in [0.2, 0.25) is 0 Å². The normalized spacial score (nSPS) is 14.5. The molecule has 1 aromatic heterocycles. The number of aryl methyl sites for hydroxylation is 2. The van der Waals surface area contributed by atoms with Crippen molar-refractivity contribution >= 4 is 39.6 Å². The van der Waals surface area contributed by atoms with Gasteiger partial charge in [0.2, 0.25) is 10.5 Å². The van der Waals surface area contributed by atoms with Crippen LogP contribution in [0.25, 0.3) is 28.2 Å². The highest BCUT2D eigenvalue weighted by molar-refractivity contribution is 8.18. The molecule has 3 aromatic carbocycles. The van der Waals surface area contributed by atoms with Crippen molar-refractivity contribution in [2.45, 2.75) is 13.3 Å². The first-order valence-corrected chi connectivity index (χ1v) is 12.7. The molecule has 5 rings (SSSR count). The number of benzene rings is 3. The second-order valence-electron chi connectivity index (χ2n) is 8.80. The fourth-order valence-corrected chi connectivity index (χ4v) is 5.12. The number of carbonyl (C=O) groups excluding carboxylic acids is 2. The van der Waals surface area contributed by atoms with Crippen LogP contribution in [0.15, 0.2) is 82.5 Å². The van der Waals surface area contributed by atoms with E-state index in [-0.39, 0.29) is 36.0 Å². The van der Waals surface area contributed by atoms with E-state index in [0.717, 1.165) is 39.7 Å². The van der Waals surface area contributed by atoms with Gasteiger partial charge in [0.1, 0.15) is 19.0 Å².